The van der Waals surface area contributed by atoms with Crippen molar-refractivity contribution in [3.8, 4) is 11.5 Å². The normalized spacial score (nSPS) is 29.4. The average molecular weight is 435 g/mol. The second kappa shape index (κ2) is 8.06. The first kappa shape index (κ1) is 19.6. The van der Waals surface area contributed by atoms with E-state index in [1.807, 2.05) is 0 Å². The van der Waals surface area contributed by atoms with Gasteiger partial charge < -0.3 is 14.2 Å². The van der Waals surface area contributed by atoms with Crippen LogP contribution in [0.1, 0.15) is 42.5 Å². The number of ketones is 1. The Morgan fingerprint density at radius 1 is 1.03 bits per heavy atom. The van der Waals surface area contributed by atoms with Crippen molar-refractivity contribution in [1.82, 2.24) is 0 Å². The summed E-state index contributed by atoms with van der Waals surface area (Å²) in [6.07, 6.45) is 5.54. The van der Waals surface area contributed by atoms with Crippen LogP contribution in [-0.4, -0.2) is 47.2 Å². The summed E-state index contributed by atoms with van der Waals surface area (Å²) in [5.74, 6) is 4.41. The second-order valence-electron chi connectivity index (χ2n) is 8.30. The Morgan fingerprint density at radius 2 is 1.72 bits per heavy atom. The highest BCUT2D eigenvalue weighted by molar-refractivity contribution is 8.21. The van der Waals surface area contributed by atoms with Gasteiger partial charge in [0.15, 0.2) is 23.9 Å². The molecule has 1 spiro atoms. The fourth-order valence-corrected chi connectivity index (χ4v) is 9.29. The van der Waals surface area contributed by atoms with Gasteiger partial charge in [-0.1, -0.05) is 6.42 Å². The number of ether oxygens (including phenoxy) is 3. The van der Waals surface area contributed by atoms with Crippen molar-refractivity contribution in [2.75, 3.05) is 31.3 Å². The monoisotopic (exact) mass is 434 g/mol. The molecule has 4 aliphatic rings. The fourth-order valence-electron chi connectivity index (χ4n) is 5.36. The van der Waals surface area contributed by atoms with E-state index in [4.69, 9.17) is 14.2 Å². The summed E-state index contributed by atoms with van der Waals surface area (Å²) in [5.41, 5.74) is 0.486. The number of thioether (sulfide) groups is 2. The van der Waals surface area contributed by atoms with Gasteiger partial charge in [0.25, 0.3) is 0 Å². The quantitative estimate of drug-likeness (QED) is 0.520. The van der Waals surface area contributed by atoms with E-state index < -0.39 is 0 Å². The molecule has 1 aromatic rings. The highest BCUT2D eigenvalue weighted by Gasteiger charge is 2.55. The average Bonchev–Trinajstić information content (AvgIpc) is 3.20. The molecular formula is C22H26O5S2. The molecule has 7 heteroatoms. The summed E-state index contributed by atoms with van der Waals surface area (Å²) >= 11 is 4.27. The van der Waals surface area contributed by atoms with Crippen LogP contribution in [0.25, 0.3) is 0 Å². The molecule has 156 valence electrons. The van der Waals surface area contributed by atoms with Crippen LogP contribution < -0.4 is 9.47 Å². The molecule has 2 unspecified atom stereocenters. The minimum atomic E-state index is -0.209. The second-order valence-corrected chi connectivity index (χ2v) is 11.3. The Balaban J connectivity index is 1.20. The fraction of sp³-hybridized carbons (Fsp3) is 0.636. The molecule has 2 aliphatic carbocycles. The number of rotatable bonds is 4. The van der Waals surface area contributed by atoms with Gasteiger partial charge in [0.05, 0.1) is 10.00 Å². The molecule has 1 aromatic carbocycles. The van der Waals surface area contributed by atoms with Crippen molar-refractivity contribution in [3.05, 3.63) is 23.8 Å². The molecule has 0 amide bonds. The van der Waals surface area contributed by atoms with Gasteiger partial charge in [0.2, 0.25) is 0 Å². The molecule has 2 saturated carbocycles. The third kappa shape index (κ3) is 3.65. The van der Waals surface area contributed by atoms with E-state index in [0.29, 0.717) is 46.2 Å². The van der Waals surface area contributed by atoms with Crippen LogP contribution in [0.15, 0.2) is 18.2 Å². The summed E-state index contributed by atoms with van der Waals surface area (Å²) < 4.78 is 16.8. The van der Waals surface area contributed by atoms with E-state index >= 15 is 0 Å². The van der Waals surface area contributed by atoms with Gasteiger partial charge in [-0.25, -0.2) is 0 Å². The van der Waals surface area contributed by atoms with E-state index in [9.17, 15) is 9.59 Å². The number of fused-ring (bicyclic) bond motifs is 1. The Kier molecular flexibility index (Phi) is 5.45. The maximum Gasteiger partial charge on any atom is 0.309 e. The number of benzene rings is 1. The van der Waals surface area contributed by atoms with Crippen molar-refractivity contribution in [2.24, 2.45) is 17.8 Å². The minimum absolute atomic E-state index is 0.0641. The number of hydrogen-bond acceptors (Lipinski definition) is 7. The van der Waals surface area contributed by atoms with Gasteiger partial charge in [-0.05, 0) is 55.7 Å². The Morgan fingerprint density at radius 3 is 2.45 bits per heavy atom. The number of esters is 1. The zero-order valence-corrected chi connectivity index (χ0v) is 18.0. The molecule has 2 heterocycles. The highest BCUT2D eigenvalue weighted by Crippen LogP contribution is 2.64. The summed E-state index contributed by atoms with van der Waals surface area (Å²) in [5, 5.41) is 0. The topological polar surface area (TPSA) is 61.8 Å². The van der Waals surface area contributed by atoms with Gasteiger partial charge in [-0.2, -0.15) is 0 Å². The van der Waals surface area contributed by atoms with Crippen molar-refractivity contribution in [1.29, 1.82) is 0 Å². The molecule has 0 N–H and O–H groups in total. The third-order valence-electron chi connectivity index (χ3n) is 6.66. The molecule has 0 aromatic heterocycles. The molecule has 3 fully saturated rings. The first-order valence-electron chi connectivity index (χ1n) is 10.5. The Bertz CT molecular complexity index is 788. The van der Waals surface area contributed by atoms with Crippen LogP contribution in [0.5, 0.6) is 11.5 Å². The molecule has 2 aliphatic heterocycles. The molecule has 2 bridgehead atoms. The van der Waals surface area contributed by atoms with Crippen LogP contribution in [-0.2, 0) is 9.53 Å². The third-order valence-corrected chi connectivity index (χ3v) is 10.7. The standard InChI is InChI=1S/C22H26O5S2/c23-18(14-4-5-19-20(12-14)26-7-6-25-19)13-27-21(24)15-10-16-2-1-3-17(11-15)22(16)28-8-9-29-22/h4-5,12,15-17H,1-3,6-11,13H2. The number of carbonyl (C=O) groups excluding carboxylic acids is 2. The number of hydrogen-bond donors (Lipinski definition) is 0. The molecule has 5 nitrogen and oxygen atoms in total. The SMILES string of the molecule is O=C(COC(=O)C1CC2CCCC(C1)C21SCCS1)c1ccc2c(c1)OCCO2. The Labute approximate surface area is 179 Å². The lowest BCUT2D eigenvalue weighted by atomic mass is 9.67. The lowest BCUT2D eigenvalue weighted by Crippen LogP contribution is -2.48. The Hall–Kier alpha value is -1.34. The van der Waals surface area contributed by atoms with Crippen molar-refractivity contribution in [2.45, 2.75) is 36.2 Å². The zero-order chi connectivity index (χ0) is 19.8. The largest absolute Gasteiger partial charge is 0.486 e. The first-order chi connectivity index (χ1) is 14.2. The van der Waals surface area contributed by atoms with E-state index in [0.717, 1.165) is 12.8 Å². The highest BCUT2D eigenvalue weighted by atomic mass is 32.2. The van der Waals surface area contributed by atoms with Crippen LogP contribution in [0.3, 0.4) is 0 Å². The van der Waals surface area contributed by atoms with Gasteiger partial charge >= 0.3 is 5.97 Å². The molecule has 29 heavy (non-hydrogen) atoms. The van der Waals surface area contributed by atoms with Crippen LogP contribution in [0.2, 0.25) is 0 Å². The number of carbonyl (C=O) groups is 2. The lowest BCUT2D eigenvalue weighted by molar-refractivity contribution is -0.150. The van der Waals surface area contributed by atoms with Crippen molar-refractivity contribution < 1.29 is 23.8 Å². The zero-order valence-electron chi connectivity index (χ0n) is 16.4. The maximum absolute atomic E-state index is 12.8. The maximum atomic E-state index is 12.8. The first-order valence-corrected chi connectivity index (χ1v) is 12.5. The summed E-state index contributed by atoms with van der Waals surface area (Å²) in [6.45, 7) is 0.778. The van der Waals surface area contributed by atoms with Crippen LogP contribution in [0, 0.1) is 17.8 Å². The smallest absolute Gasteiger partial charge is 0.309 e. The molecule has 1 saturated heterocycles. The molecule has 2 atom stereocenters. The minimum Gasteiger partial charge on any atom is -0.486 e. The predicted molar refractivity (Wildman–Crippen MR) is 114 cm³/mol. The number of Topliss-reactive ketones (excluding diaryl/α,β-unsaturated/α-hetero) is 1. The molecule has 0 radical (unpaired) electrons. The van der Waals surface area contributed by atoms with E-state index in [1.165, 1.54) is 30.8 Å². The predicted octanol–water partition coefficient (Wildman–Crippen LogP) is 4.19. The summed E-state index contributed by atoms with van der Waals surface area (Å²) in [4.78, 5) is 25.3. The van der Waals surface area contributed by atoms with Crippen molar-refractivity contribution in [3.63, 3.8) is 0 Å². The van der Waals surface area contributed by atoms with Gasteiger partial charge in [0, 0.05) is 17.1 Å². The van der Waals surface area contributed by atoms with Gasteiger partial charge in [-0.3, -0.25) is 9.59 Å². The lowest BCUT2D eigenvalue weighted by Gasteiger charge is -2.51. The summed E-state index contributed by atoms with van der Waals surface area (Å²) in [7, 11) is 0. The van der Waals surface area contributed by atoms with Crippen molar-refractivity contribution >= 4 is 35.3 Å². The van der Waals surface area contributed by atoms with Gasteiger partial charge in [-0.15, -0.1) is 23.5 Å². The molecular weight excluding hydrogens is 408 g/mol. The van der Waals surface area contributed by atoms with Crippen LogP contribution in [0.4, 0.5) is 0 Å². The molecule has 5 rings (SSSR count). The summed E-state index contributed by atoms with van der Waals surface area (Å²) in [6, 6.07) is 5.11. The van der Waals surface area contributed by atoms with E-state index in [2.05, 4.69) is 23.5 Å². The van der Waals surface area contributed by atoms with Gasteiger partial charge in [0.1, 0.15) is 13.2 Å². The van der Waals surface area contributed by atoms with Crippen LogP contribution >= 0.6 is 23.5 Å². The van der Waals surface area contributed by atoms with E-state index in [1.54, 1.807) is 18.2 Å². The van der Waals surface area contributed by atoms with E-state index in [-0.39, 0.29) is 24.3 Å².